The third-order valence-corrected chi connectivity index (χ3v) is 1.90. The summed E-state index contributed by atoms with van der Waals surface area (Å²) in [6.45, 7) is 9.71. The van der Waals surface area contributed by atoms with Crippen LogP contribution >= 0.6 is 0 Å². The average Bonchev–Trinajstić information content (AvgIpc) is 2.16. The van der Waals surface area contributed by atoms with E-state index in [2.05, 4.69) is 11.3 Å². The van der Waals surface area contributed by atoms with Gasteiger partial charge >= 0.3 is 5.97 Å². The summed E-state index contributed by atoms with van der Waals surface area (Å²) in [5.41, 5.74) is 0. The lowest BCUT2D eigenvalue weighted by Gasteiger charge is -2.15. The quantitative estimate of drug-likeness (QED) is 0.284. The summed E-state index contributed by atoms with van der Waals surface area (Å²) in [5, 5.41) is 0. The molecule has 0 aromatic carbocycles. The minimum absolute atomic E-state index is 0.0122. The first-order valence-corrected chi connectivity index (χ1v) is 4.73. The highest BCUT2D eigenvalue weighted by atomic mass is 16.5. The molecular weight excluding hydrogens is 180 g/mol. The van der Waals surface area contributed by atoms with E-state index in [-0.39, 0.29) is 18.0 Å². The van der Waals surface area contributed by atoms with Crippen LogP contribution in [-0.2, 0) is 14.3 Å². The van der Waals surface area contributed by atoms with Crippen molar-refractivity contribution in [3.8, 4) is 0 Å². The van der Waals surface area contributed by atoms with Crippen molar-refractivity contribution in [2.75, 3.05) is 6.61 Å². The predicted molar refractivity (Wildman–Crippen MR) is 55.7 cm³/mol. The van der Waals surface area contributed by atoms with Gasteiger partial charge in [0.25, 0.3) is 0 Å². The molecule has 0 amide bonds. The fraction of sp³-hybridized carbons (Fsp3) is 0.545. The highest BCUT2D eigenvalue weighted by Gasteiger charge is 2.07. The molecule has 0 fully saturated rings. The topological polar surface area (TPSA) is 35.5 Å². The molecule has 0 aliphatic carbocycles. The minimum Gasteiger partial charge on any atom is -0.497 e. The number of esters is 1. The first kappa shape index (κ1) is 12.8. The molecule has 14 heavy (non-hydrogen) atoms. The summed E-state index contributed by atoms with van der Waals surface area (Å²) in [4.78, 5) is 10.9. The molecule has 0 rings (SSSR count). The van der Waals surface area contributed by atoms with Crippen LogP contribution in [0.25, 0.3) is 0 Å². The summed E-state index contributed by atoms with van der Waals surface area (Å²) in [6, 6.07) is 0. The van der Waals surface area contributed by atoms with Crippen LogP contribution in [0.1, 0.15) is 20.8 Å². The standard InChI is InChI=1S/C11H18O3/c1-5-9(3)10(4)14-8-7-11(12)13-6-2/h5,7-10H,1,6H2,2-4H3/b8-7+/t9-,10+/m1/s1. The number of carbonyl (C=O) groups excluding carboxylic acids is 1. The van der Waals surface area contributed by atoms with Crippen molar-refractivity contribution in [2.24, 2.45) is 5.92 Å². The summed E-state index contributed by atoms with van der Waals surface area (Å²) in [6.07, 6.45) is 4.46. The molecule has 0 radical (unpaired) electrons. The van der Waals surface area contributed by atoms with Crippen LogP contribution in [0.4, 0.5) is 0 Å². The van der Waals surface area contributed by atoms with Crippen molar-refractivity contribution in [2.45, 2.75) is 26.9 Å². The van der Waals surface area contributed by atoms with E-state index in [4.69, 9.17) is 4.74 Å². The molecular formula is C11H18O3. The van der Waals surface area contributed by atoms with Gasteiger partial charge < -0.3 is 9.47 Å². The van der Waals surface area contributed by atoms with E-state index >= 15 is 0 Å². The Morgan fingerprint density at radius 3 is 2.64 bits per heavy atom. The number of hydrogen-bond acceptors (Lipinski definition) is 3. The zero-order valence-corrected chi connectivity index (χ0v) is 9.03. The van der Waals surface area contributed by atoms with Crippen LogP contribution in [-0.4, -0.2) is 18.7 Å². The van der Waals surface area contributed by atoms with E-state index in [0.717, 1.165) is 0 Å². The van der Waals surface area contributed by atoms with Crippen molar-refractivity contribution in [1.82, 2.24) is 0 Å². The molecule has 0 bridgehead atoms. The maximum Gasteiger partial charge on any atom is 0.333 e. The maximum absolute atomic E-state index is 10.9. The molecule has 80 valence electrons. The second-order valence-corrected chi connectivity index (χ2v) is 2.99. The first-order valence-electron chi connectivity index (χ1n) is 4.73. The average molecular weight is 198 g/mol. The molecule has 0 N–H and O–H groups in total. The van der Waals surface area contributed by atoms with E-state index < -0.39 is 0 Å². The Balaban J connectivity index is 3.80. The monoisotopic (exact) mass is 198 g/mol. The molecule has 0 saturated heterocycles. The molecule has 3 nitrogen and oxygen atoms in total. The number of carbonyl (C=O) groups is 1. The second-order valence-electron chi connectivity index (χ2n) is 2.99. The lowest BCUT2D eigenvalue weighted by Crippen LogP contribution is -2.13. The van der Waals surface area contributed by atoms with Crippen molar-refractivity contribution in [3.63, 3.8) is 0 Å². The van der Waals surface area contributed by atoms with Gasteiger partial charge in [-0.25, -0.2) is 4.79 Å². The third-order valence-electron chi connectivity index (χ3n) is 1.90. The van der Waals surface area contributed by atoms with Crippen LogP contribution in [0.5, 0.6) is 0 Å². The number of ether oxygens (including phenoxy) is 2. The summed E-state index contributed by atoms with van der Waals surface area (Å²) in [5.74, 6) is -0.132. The van der Waals surface area contributed by atoms with Gasteiger partial charge in [-0.05, 0) is 13.8 Å². The van der Waals surface area contributed by atoms with Gasteiger partial charge in [0.2, 0.25) is 0 Å². The molecule has 0 unspecified atom stereocenters. The van der Waals surface area contributed by atoms with Gasteiger partial charge in [-0.2, -0.15) is 0 Å². The zero-order valence-electron chi connectivity index (χ0n) is 9.03. The normalized spacial score (nSPS) is 14.8. The van der Waals surface area contributed by atoms with Crippen molar-refractivity contribution < 1.29 is 14.3 Å². The van der Waals surface area contributed by atoms with Crippen molar-refractivity contribution in [3.05, 3.63) is 25.0 Å². The predicted octanol–water partition coefficient (Wildman–Crippen LogP) is 2.29. The Hall–Kier alpha value is -1.25. The van der Waals surface area contributed by atoms with E-state index in [1.165, 1.54) is 12.3 Å². The van der Waals surface area contributed by atoms with Crippen LogP contribution in [0, 0.1) is 5.92 Å². The van der Waals surface area contributed by atoms with Crippen LogP contribution in [0.2, 0.25) is 0 Å². The largest absolute Gasteiger partial charge is 0.497 e. The van der Waals surface area contributed by atoms with E-state index in [0.29, 0.717) is 6.61 Å². The summed E-state index contributed by atoms with van der Waals surface area (Å²) >= 11 is 0. The fourth-order valence-corrected chi connectivity index (χ4v) is 0.725. The highest BCUT2D eigenvalue weighted by molar-refractivity contribution is 5.81. The molecule has 0 aromatic heterocycles. The summed E-state index contributed by atoms with van der Waals surface area (Å²) < 4.78 is 9.94. The number of rotatable bonds is 6. The highest BCUT2D eigenvalue weighted by Crippen LogP contribution is 2.07. The van der Waals surface area contributed by atoms with Crippen LogP contribution < -0.4 is 0 Å². The Morgan fingerprint density at radius 2 is 2.14 bits per heavy atom. The molecule has 0 saturated carbocycles. The molecule has 0 aromatic rings. The van der Waals surface area contributed by atoms with Gasteiger partial charge in [-0.1, -0.05) is 13.0 Å². The second kappa shape index (κ2) is 7.18. The Bertz CT molecular complexity index is 209. The first-order chi connectivity index (χ1) is 6.61. The SMILES string of the molecule is C=C[C@@H](C)[C@H](C)O/C=C/C(=O)OCC. The fourth-order valence-electron chi connectivity index (χ4n) is 0.725. The molecule has 0 spiro atoms. The lowest BCUT2D eigenvalue weighted by molar-refractivity contribution is -0.137. The van der Waals surface area contributed by atoms with Crippen molar-refractivity contribution in [1.29, 1.82) is 0 Å². The van der Waals surface area contributed by atoms with Gasteiger partial charge in [0.15, 0.2) is 0 Å². The van der Waals surface area contributed by atoms with Gasteiger partial charge in [0, 0.05) is 5.92 Å². The molecule has 0 heterocycles. The number of hydrogen-bond donors (Lipinski definition) is 0. The smallest absolute Gasteiger partial charge is 0.333 e. The van der Waals surface area contributed by atoms with E-state index in [1.54, 1.807) is 6.92 Å². The Kier molecular flexibility index (Phi) is 6.54. The van der Waals surface area contributed by atoms with Crippen LogP contribution in [0.3, 0.4) is 0 Å². The third kappa shape index (κ3) is 5.41. The molecule has 0 aliphatic rings. The minimum atomic E-state index is -0.383. The maximum atomic E-state index is 10.9. The lowest BCUT2D eigenvalue weighted by atomic mass is 10.1. The van der Waals surface area contributed by atoms with Gasteiger partial charge in [-0.3, -0.25) is 0 Å². The summed E-state index contributed by atoms with van der Waals surface area (Å²) in [7, 11) is 0. The zero-order chi connectivity index (χ0) is 11.0. The van der Waals surface area contributed by atoms with Crippen LogP contribution in [0.15, 0.2) is 25.0 Å². The molecule has 0 aliphatic heterocycles. The molecule has 2 atom stereocenters. The van der Waals surface area contributed by atoms with Gasteiger partial charge in [0.05, 0.1) is 18.9 Å². The molecule has 3 heteroatoms. The Labute approximate surface area is 85.4 Å². The Morgan fingerprint density at radius 1 is 1.50 bits per heavy atom. The van der Waals surface area contributed by atoms with E-state index in [9.17, 15) is 4.79 Å². The van der Waals surface area contributed by atoms with Crippen molar-refractivity contribution >= 4 is 5.97 Å². The van der Waals surface area contributed by atoms with E-state index in [1.807, 2.05) is 19.9 Å². The van der Waals surface area contributed by atoms with Gasteiger partial charge in [-0.15, -0.1) is 6.58 Å². The van der Waals surface area contributed by atoms with Gasteiger partial charge in [0.1, 0.15) is 6.10 Å².